The van der Waals surface area contributed by atoms with Gasteiger partial charge in [-0.05, 0) is 55.3 Å². The van der Waals surface area contributed by atoms with Crippen molar-refractivity contribution in [3.8, 4) is 0 Å². The molecule has 2 rings (SSSR count). The third-order valence-corrected chi connectivity index (χ3v) is 9.19. The average molecular weight is 479 g/mol. The Kier molecular flexibility index (Phi) is 10.7. The summed E-state index contributed by atoms with van der Waals surface area (Å²) < 4.78 is 17.2. The van der Waals surface area contributed by atoms with Crippen LogP contribution in [0.25, 0.3) is 0 Å². The molecule has 0 aromatic rings. The number of carbonyl (C=O) groups is 1. The average Bonchev–Trinajstić information content (AvgIpc) is 2.76. The molecule has 0 aromatic carbocycles. The van der Waals surface area contributed by atoms with E-state index in [-0.39, 0.29) is 23.1 Å². The number of carbonyl (C=O) groups excluding carboxylic acids is 1. The molecule has 2 aliphatic rings. The van der Waals surface area contributed by atoms with E-state index < -0.39 is 19.5 Å². The molecule has 182 valence electrons. The Morgan fingerprint density at radius 3 is 2.56 bits per heavy atom. The summed E-state index contributed by atoms with van der Waals surface area (Å²) >= 11 is 0. The zero-order chi connectivity index (χ0) is 23.8. The molecule has 4 atom stereocenters. The van der Waals surface area contributed by atoms with Crippen LogP contribution in [-0.4, -0.2) is 38.9 Å². The number of esters is 1. The summed E-state index contributed by atoms with van der Waals surface area (Å²) in [5.74, 6) is 1.50. The summed E-state index contributed by atoms with van der Waals surface area (Å²) in [6.45, 7) is 14.1. The van der Waals surface area contributed by atoms with Crippen LogP contribution in [0.3, 0.4) is 0 Å². The van der Waals surface area contributed by atoms with Gasteiger partial charge in [-0.3, -0.25) is 0 Å². The van der Waals surface area contributed by atoms with Crippen molar-refractivity contribution in [3.63, 3.8) is 0 Å². The summed E-state index contributed by atoms with van der Waals surface area (Å²) in [4.78, 5) is 11.2. The molecule has 0 bridgehead atoms. The number of ether oxygens (including phenoxy) is 1. The van der Waals surface area contributed by atoms with E-state index in [0.717, 1.165) is 6.42 Å². The summed E-state index contributed by atoms with van der Waals surface area (Å²) in [6.07, 6.45) is 17.2. The lowest BCUT2D eigenvalue weighted by Crippen LogP contribution is -2.51. The molecule has 32 heavy (non-hydrogen) atoms. The number of allylic oxidation sites excluding steroid dienone is 5. The van der Waals surface area contributed by atoms with E-state index >= 15 is 0 Å². The van der Waals surface area contributed by atoms with Crippen LogP contribution < -0.4 is 0 Å². The van der Waals surface area contributed by atoms with E-state index in [2.05, 4.69) is 57.7 Å². The molecule has 1 fully saturated rings. The maximum Gasteiger partial charge on any atom is 0.330 e. The summed E-state index contributed by atoms with van der Waals surface area (Å²) in [7, 11) is 0.377. The zero-order valence-corrected chi connectivity index (χ0v) is 24.3. The fourth-order valence-electron chi connectivity index (χ4n) is 6.35. The Labute approximate surface area is 201 Å². The molecule has 6 heteroatoms. The molecule has 0 spiro atoms. The van der Waals surface area contributed by atoms with E-state index in [1.54, 1.807) is 11.6 Å². The maximum atomic E-state index is 11.2. The molecule has 0 aromatic heterocycles. The molecule has 4 nitrogen and oxygen atoms in total. The van der Waals surface area contributed by atoms with Gasteiger partial charge in [-0.2, -0.15) is 0 Å². The highest BCUT2D eigenvalue weighted by Crippen LogP contribution is 2.59. The molecule has 0 aliphatic heterocycles. The van der Waals surface area contributed by atoms with Crippen molar-refractivity contribution in [2.24, 2.45) is 28.6 Å². The van der Waals surface area contributed by atoms with Crippen molar-refractivity contribution < 1.29 is 18.4 Å². The van der Waals surface area contributed by atoms with Gasteiger partial charge in [0.15, 0.2) is 19.5 Å². The van der Waals surface area contributed by atoms with Gasteiger partial charge in [-0.25, -0.2) is 4.79 Å². The Morgan fingerprint density at radius 1 is 1.25 bits per heavy atom. The van der Waals surface area contributed by atoms with Crippen LogP contribution in [-0.2, 0) is 18.4 Å². The van der Waals surface area contributed by atoms with E-state index in [0.29, 0.717) is 17.8 Å². The van der Waals surface area contributed by atoms with Gasteiger partial charge in [0.2, 0.25) is 0 Å². The number of rotatable bonds is 11. The lowest BCUT2D eigenvalue weighted by atomic mass is 9.50. The van der Waals surface area contributed by atoms with E-state index in [9.17, 15) is 4.79 Å². The molecular formula is C26H46O4Si2. The molecule has 0 radical (unpaired) electrons. The third kappa shape index (κ3) is 6.34. The summed E-state index contributed by atoms with van der Waals surface area (Å²) in [6, 6.07) is 0. The van der Waals surface area contributed by atoms with Crippen LogP contribution in [0.5, 0.6) is 0 Å². The minimum absolute atomic E-state index is 0.0282. The SMILES string of the molecule is COC(=O)/C=C/C=C/C[C@@H](C)C1=CCC[C@@H]2[C@@H](C(C)(C)C(O[SiH2]C)O[SiH2]C)CCC[C@@]12C. The molecule has 0 saturated heterocycles. The molecule has 0 amide bonds. The first kappa shape index (κ1) is 27.3. The highest BCUT2D eigenvalue weighted by atomic mass is 28.2. The van der Waals surface area contributed by atoms with Gasteiger partial charge in [0, 0.05) is 11.5 Å². The van der Waals surface area contributed by atoms with Gasteiger partial charge in [0.25, 0.3) is 0 Å². The Balaban J connectivity index is 2.18. The minimum Gasteiger partial charge on any atom is -0.466 e. The number of hydrogen-bond donors (Lipinski definition) is 0. The lowest BCUT2D eigenvalue weighted by Gasteiger charge is -2.56. The molecule has 2 aliphatic carbocycles. The highest BCUT2D eigenvalue weighted by Gasteiger charge is 2.52. The first-order chi connectivity index (χ1) is 15.2. The van der Waals surface area contributed by atoms with Crippen molar-refractivity contribution >= 4 is 25.5 Å². The highest BCUT2D eigenvalue weighted by molar-refractivity contribution is 6.26. The minimum atomic E-state index is -0.512. The smallest absolute Gasteiger partial charge is 0.330 e. The van der Waals surface area contributed by atoms with Gasteiger partial charge in [0.1, 0.15) is 6.29 Å². The van der Waals surface area contributed by atoms with Gasteiger partial charge in [-0.15, -0.1) is 0 Å². The molecular weight excluding hydrogens is 432 g/mol. The monoisotopic (exact) mass is 478 g/mol. The number of methoxy groups -OCH3 is 1. The zero-order valence-electron chi connectivity index (χ0n) is 21.5. The van der Waals surface area contributed by atoms with Crippen molar-refractivity contribution in [1.29, 1.82) is 0 Å². The van der Waals surface area contributed by atoms with Gasteiger partial charge >= 0.3 is 5.97 Å². The summed E-state index contributed by atoms with van der Waals surface area (Å²) in [5, 5.41) is 0. The standard InChI is InChI=1S/C26H46O4Si2/c1-19(13-9-8-10-17-23(27)28-5)20-14-11-15-22-21(16-12-18-26(20,22)4)25(2,3)24(29-31-6)30-32-7/h8-10,14,17,19,21-22,24H,11-13,15-16,18,31-32H2,1-7H3/b9-8+,17-10+/t19-,21+,22-,26+/m1/s1. The van der Waals surface area contributed by atoms with Gasteiger partial charge in [0.05, 0.1) is 7.11 Å². The second-order valence-corrected chi connectivity index (χ2v) is 12.1. The maximum absolute atomic E-state index is 11.2. The van der Waals surface area contributed by atoms with Crippen molar-refractivity contribution in [3.05, 3.63) is 36.0 Å². The second kappa shape index (κ2) is 12.5. The Morgan fingerprint density at radius 2 is 1.94 bits per heavy atom. The number of fused-ring (bicyclic) bond motifs is 1. The largest absolute Gasteiger partial charge is 0.466 e. The second-order valence-electron chi connectivity index (χ2n) is 10.3. The topological polar surface area (TPSA) is 44.8 Å². The summed E-state index contributed by atoms with van der Waals surface area (Å²) in [5.41, 5.74) is 1.94. The predicted octanol–water partition coefficient (Wildman–Crippen LogP) is 5.09. The molecule has 0 unspecified atom stereocenters. The quantitative estimate of drug-likeness (QED) is 0.104. The molecule has 1 saturated carbocycles. The first-order valence-electron chi connectivity index (χ1n) is 12.6. The fourth-order valence-corrected chi connectivity index (χ4v) is 8.20. The van der Waals surface area contributed by atoms with Crippen LogP contribution in [0.4, 0.5) is 0 Å². The molecule has 0 N–H and O–H groups in total. The van der Waals surface area contributed by atoms with Crippen LogP contribution in [0.1, 0.15) is 66.2 Å². The van der Waals surface area contributed by atoms with Gasteiger partial charge < -0.3 is 13.6 Å². The predicted molar refractivity (Wildman–Crippen MR) is 139 cm³/mol. The van der Waals surface area contributed by atoms with Crippen molar-refractivity contribution in [1.82, 2.24) is 0 Å². The van der Waals surface area contributed by atoms with E-state index in [4.69, 9.17) is 8.85 Å². The Bertz CT molecular complexity index is 694. The van der Waals surface area contributed by atoms with Crippen LogP contribution in [0.2, 0.25) is 13.1 Å². The fraction of sp³-hybridized carbons (Fsp3) is 0.731. The van der Waals surface area contributed by atoms with Crippen LogP contribution >= 0.6 is 0 Å². The first-order valence-corrected chi connectivity index (χ1v) is 16.6. The van der Waals surface area contributed by atoms with E-state index in [1.807, 2.05) is 6.08 Å². The Hall–Kier alpha value is -0.956. The molecule has 0 heterocycles. The van der Waals surface area contributed by atoms with E-state index in [1.165, 1.54) is 45.3 Å². The van der Waals surface area contributed by atoms with Crippen LogP contribution in [0.15, 0.2) is 36.0 Å². The van der Waals surface area contributed by atoms with Crippen LogP contribution in [0, 0.1) is 28.6 Å². The normalized spacial score (nSPS) is 29.2. The van der Waals surface area contributed by atoms with Crippen molar-refractivity contribution in [2.75, 3.05) is 7.11 Å². The van der Waals surface area contributed by atoms with Crippen molar-refractivity contribution in [2.45, 2.75) is 85.6 Å². The lowest BCUT2D eigenvalue weighted by molar-refractivity contribution is -0.137. The number of hydrogen-bond acceptors (Lipinski definition) is 4. The van der Waals surface area contributed by atoms with Gasteiger partial charge in [-0.1, -0.05) is 77.1 Å². The third-order valence-electron chi connectivity index (χ3n) is 7.92.